The van der Waals surface area contributed by atoms with Crippen molar-refractivity contribution in [1.29, 1.82) is 5.26 Å². The third-order valence-corrected chi connectivity index (χ3v) is 3.15. The number of rotatable bonds is 5. The first-order valence-corrected chi connectivity index (χ1v) is 6.87. The first-order valence-electron chi connectivity index (χ1n) is 6.87. The average Bonchev–Trinajstić information content (AvgIpc) is 2.86. The minimum atomic E-state index is -0.149. The molecule has 0 fully saturated rings. The molecule has 2 aromatic rings. The van der Waals surface area contributed by atoms with Crippen LogP contribution in [0.3, 0.4) is 0 Å². The van der Waals surface area contributed by atoms with Crippen LogP contribution in [0.15, 0.2) is 36.5 Å². The van der Waals surface area contributed by atoms with Gasteiger partial charge in [-0.3, -0.25) is 4.79 Å². The minimum absolute atomic E-state index is 0.149. The maximum absolute atomic E-state index is 12.2. The number of anilines is 1. The van der Waals surface area contributed by atoms with Gasteiger partial charge in [-0.15, -0.1) is 0 Å². The molecule has 0 aliphatic heterocycles. The number of carbonyl (C=O) groups excluding carboxylic acids is 1. The molecule has 108 valence electrons. The minimum Gasteiger partial charge on any atom is -0.397 e. The molecule has 0 spiro atoms. The topological polar surface area (TPSA) is 83.8 Å². The molecular weight excluding hydrogens is 264 g/mol. The van der Waals surface area contributed by atoms with E-state index in [1.54, 1.807) is 24.4 Å². The molecule has 1 aromatic carbocycles. The van der Waals surface area contributed by atoms with E-state index in [0.717, 1.165) is 18.5 Å². The summed E-state index contributed by atoms with van der Waals surface area (Å²) in [6.07, 6.45) is 2.71. The monoisotopic (exact) mass is 282 g/mol. The van der Waals surface area contributed by atoms with Crippen molar-refractivity contribution in [3.8, 4) is 6.07 Å². The lowest BCUT2D eigenvalue weighted by Gasteiger charge is -2.08. The molecule has 1 amide bonds. The Morgan fingerprint density at radius 2 is 2.10 bits per heavy atom. The summed E-state index contributed by atoms with van der Waals surface area (Å²) >= 11 is 0. The van der Waals surface area contributed by atoms with Gasteiger partial charge in [0.2, 0.25) is 0 Å². The van der Waals surface area contributed by atoms with Crippen molar-refractivity contribution in [2.75, 3.05) is 5.73 Å². The standard InChI is InChI=1S/C16H18N4O/c1-2-7-20-11-14(18)8-15(20)16(21)19-10-13-5-3-12(9-17)4-6-13/h3-6,8,11H,2,7,10,18H2,1H3,(H,19,21). The van der Waals surface area contributed by atoms with Gasteiger partial charge in [0.25, 0.3) is 5.91 Å². The molecule has 0 atom stereocenters. The predicted octanol–water partition coefficient (Wildman–Crippen LogP) is 2.28. The summed E-state index contributed by atoms with van der Waals surface area (Å²) in [5, 5.41) is 11.6. The van der Waals surface area contributed by atoms with Gasteiger partial charge in [0.1, 0.15) is 5.69 Å². The Balaban J connectivity index is 2.02. The van der Waals surface area contributed by atoms with Gasteiger partial charge in [0.05, 0.1) is 17.3 Å². The molecule has 5 nitrogen and oxygen atoms in total. The zero-order chi connectivity index (χ0) is 15.2. The van der Waals surface area contributed by atoms with Crippen molar-refractivity contribution in [2.24, 2.45) is 0 Å². The van der Waals surface area contributed by atoms with E-state index >= 15 is 0 Å². The lowest BCUT2D eigenvalue weighted by atomic mass is 10.1. The van der Waals surface area contributed by atoms with E-state index in [2.05, 4.69) is 18.3 Å². The number of carbonyl (C=O) groups is 1. The van der Waals surface area contributed by atoms with E-state index in [1.165, 1.54) is 0 Å². The maximum Gasteiger partial charge on any atom is 0.268 e. The molecule has 0 aliphatic rings. The van der Waals surface area contributed by atoms with Gasteiger partial charge in [-0.2, -0.15) is 5.26 Å². The quantitative estimate of drug-likeness (QED) is 0.882. The van der Waals surface area contributed by atoms with Crippen LogP contribution in [0.5, 0.6) is 0 Å². The molecule has 5 heteroatoms. The second kappa shape index (κ2) is 6.62. The van der Waals surface area contributed by atoms with Crippen molar-refractivity contribution >= 4 is 11.6 Å². The smallest absolute Gasteiger partial charge is 0.268 e. The highest BCUT2D eigenvalue weighted by atomic mass is 16.1. The molecule has 0 radical (unpaired) electrons. The first-order chi connectivity index (χ1) is 10.1. The van der Waals surface area contributed by atoms with Crippen LogP contribution < -0.4 is 11.1 Å². The summed E-state index contributed by atoms with van der Waals surface area (Å²) < 4.78 is 1.86. The molecule has 0 bridgehead atoms. The number of hydrogen-bond acceptors (Lipinski definition) is 3. The van der Waals surface area contributed by atoms with Gasteiger partial charge in [-0.05, 0) is 30.2 Å². The molecule has 0 saturated carbocycles. The lowest BCUT2D eigenvalue weighted by molar-refractivity contribution is 0.0941. The Kier molecular flexibility index (Phi) is 4.62. The molecule has 0 aliphatic carbocycles. The van der Waals surface area contributed by atoms with Crippen molar-refractivity contribution < 1.29 is 4.79 Å². The van der Waals surface area contributed by atoms with Crippen LogP contribution in [0.1, 0.15) is 35.0 Å². The second-order valence-electron chi connectivity index (χ2n) is 4.84. The van der Waals surface area contributed by atoms with Crippen molar-refractivity contribution in [3.63, 3.8) is 0 Å². The highest BCUT2D eigenvalue weighted by Gasteiger charge is 2.12. The number of benzene rings is 1. The van der Waals surface area contributed by atoms with Gasteiger partial charge >= 0.3 is 0 Å². The summed E-state index contributed by atoms with van der Waals surface area (Å²) in [7, 11) is 0. The van der Waals surface area contributed by atoms with Gasteiger partial charge < -0.3 is 15.6 Å². The zero-order valence-electron chi connectivity index (χ0n) is 12.0. The molecule has 3 N–H and O–H groups in total. The number of nitrogens with zero attached hydrogens (tertiary/aromatic N) is 2. The molecule has 1 aromatic heterocycles. The molecule has 1 heterocycles. The third kappa shape index (κ3) is 3.63. The van der Waals surface area contributed by atoms with Crippen LogP contribution >= 0.6 is 0 Å². The summed E-state index contributed by atoms with van der Waals surface area (Å²) in [5.41, 5.74) is 8.47. The lowest BCUT2D eigenvalue weighted by Crippen LogP contribution is -2.25. The Bertz CT molecular complexity index is 665. The molecule has 2 rings (SSSR count). The molecular formula is C16H18N4O. The van der Waals surface area contributed by atoms with Crippen LogP contribution in [-0.4, -0.2) is 10.5 Å². The van der Waals surface area contributed by atoms with E-state index in [0.29, 0.717) is 23.5 Å². The Morgan fingerprint density at radius 3 is 2.71 bits per heavy atom. The number of nitrogens with one attached hydrogen (secondary N) is 1. The fourth-order valence-electron chi connectivity index (χ4n) is 2.12. The fourth-order valence-corrected chi connectivity index (χ4v) is 2.12. The fraction of sp³-hybridized carbons (Fsp3) is 0.250. The second-order valence-corrected chi connectivity index (χ2v) is 4.84. The largest absolute Gasteiger partial charge is 0.397 e. The maximum atomic E-state index is 12.2. The number of hydrogen-bond donors (Lipinski definition) is 2. The number of aromatic nitrogens is 1. The van der Waals surface area contributed by atoms with Crippen LogP contribution in [0.4, 0.5) is 5.69 Å². The normalized spacial score (nSPS) is 10.1. The third-order valence-electron chi connectivity index (χ3n) is 3.15. The summed E-state index contributed by atoms with van der Waals surface area (Å²) in [4.78, 5) is 12.2. The van der Waals surface area contributed by atoms with Crippen LogP contribution in [0, 0.1) is 11.3 Å². The van der Waals surface area contributed by atoms with E-state index in [4.69, 9.17) is 11.0 Å². The van der Waals surface area contributed by atoms with Crippen molar-refractivity contribution in [2.45, 2.75) is 26.4 Å². The van der Waals surface area contributed by atoms with Gasteiger partial charge in [0.15, 0.2) is 0 Å². The van der Waals surface area contributed by atoms with Crippen molar-refractivity contribution in [3.05, 3.63) is 53.3 Å². The Labute approximate surface area is 124 Å². The number of aryl methyl sites for hydroxylation is 1. The van der Waals surface area contributed by atoms with Gasteiger partial charge in [0, 0.05) is 19.3 Å². The molecule has 21 heavy (non-hydrogen) atoms. The van der Waals surface area contributed by atoms with Gasteiger partial charge in [-0.25, -0.2) is 0 Å². The first kappa shape index (κ1) is 14.7. The Hall–Kier alpha value is -2.74. The Morgan fingerprint density at radius 1 is 1.38 bits per heavy atom. The summed E-state index contributed by atoms with van der Waals surface area (Å²) in [5.74, 6) is -0.149. The zero-order valence-corrected chi connectivity index (χ0v) is 12.0. The number of nitrogens with two attached hydrogens (primary N) is 1. The number of nitriles is 1. The summed E-state index contributed by atoms with van der Waals surface area (Å²) in [6.45, 7) is 3.23. The SMILES string of the molecule is CCCn1cc(N)cc1C(=O)NCc1ccc(C#N)cc1. The van der Waals surface area contributed by atoms with Crippen LogP contribution in [-0.2, 0) is 13.1 Å². The van der Waals surface area contributed by atoms with E-state index in [9.17, 15) is 4.79 Å². The van der Waals surface area contributed by atoms with E-state index in [-0.39, 0.29) is 5.91 Å². The van der Waals surface area contributed by atoms with Crippen molar-refractivity contribution in [1.82, 2.24) is 9.88 Å². The van der Waals surface area contributed by atoms with E-state index < -0.39 is 0 Å². The van der Waals surface area contributed by atoms with E-state index in [1.807, 2.05) is 16.7 Å². The predicted molar refractivity (Wildman–Crippen MR) is 81.5 cm³/mol. The van der Waals surface area contributed by atoms with Crippen LogP contribution in [0.2, 0.25) is 0 Å². The number of amides is 1. The molecule has 0 saturated heterocycles. The van der Waals surface area contributed by atoms with Crippen LogP contribution in [0.25, 0.3) is 0 Å². The van der Waals surface area contributed by atoms with Gasteiger partial charge in [-0.1, -0.05) is 19.1 Å². The summed E-state index contributed by atoms with van der Waals surface area (Å²) in [6, 6.07) is 10.9. The number of nitrogen functional groups attached to an aromatic ring is 1. The highest BCUT2D eigenvalue weighted by molar-refractivity contribution is 5.93. The average molecular weight is 282 g/mol. The molecule has 0 unspecified atom stereocenters. The highest BCUT2D eigenvalue weighted by Crippen LogP contribution is 2.12.